The summed E-state index contributed by atoms with van der Waals surface area (Å²) in [5.74, 6) is -2.22. The molecule has 0 aliphatic heterocycles. The molecule has 0 radical (unpaired) electrons. The Hall–Kier alpha value is -3.05. The standard InChI is InChI=1S/C19H14BrFN2O6S/c1-2-28-19(25)18-16(29-30(26,27)15-8-6-13(21)7-9-15)11-17(24)23(22-18)14-5-3-4-12(20)10-14/h3-11H,2H2,1H3. The number of rotatable bonds is 6. The molecular formula is C19H14BrFN2O6S. The SMILES string of the molecule is CCOC(=O)c1nn(-c2cccc(Br)c2)c(=O)cc1OS(=O)(=O)c1ccc(F)cc1. The van der Waals surface area contributed by atoms with Crippen LogP contribution < -0.4 is 9.74 Å². The number of aromatic nitrogens is 2. The molecule has 0 bridgehead atoms. The molecule has 0 spiro atoms. The molecule has 3 aromatic rings. The fraction of sp³-hybridized carbons (Fsp3) is 0.105. The average molecular weight is 497 g/mol. The molecule has 2 aromatic carbocycles. The molecule has 0 atom stereocenters. The zero-order valence-electron chi connectivity index (χ0n) is 15.4. The minimum atomic E-state index is -4.47. The van der Waals surface area contributed by atoms with E-state index in [0.29, 0.717) is 10.2 Å². The average Bonchev–Trinajstić information content (AvgIpc) is 2.68. The topological polar surface area (TPSA) is 105 Å². The third-order valence-electron chi connectivity index (χ3n) is 3.72. The largest absolute Gasteiger partial charge is 0.461 e. The number of nitrogens with zero attached hydrogens (tertiary/aromatic N) is 2. The molecule has 0 unspecified atom stereocenters. The van der Waals surface area contributed by atoms with E-state index in [1.165, 1.54) is 0 Å². The zero-order valence-corrected chi connectivity index (χ0v) is 17.8. The van der Waals surface area contributed by atoms with E-state index >= 15 is 0 Å². The first kappa shape index (κ1) is 21.7. The molecular weight excluding hydrogens is 483 g/mol. The van der Waals surface area contributed by atoms with E-state index < -0.39 is 38.9 Å². The molecule has 0 aliphatic carbocycles. The maximum atomic E-state index is 13.1. The van der Waals surface area contributed by atoms with E-state index in [9.17, 15) is 22.4 Å². The maximum absolute atomic E-state index is 13.1. The van der Waals surface area contributed by atoms with Gasteiger partial charge in [0.25, 0.3) is 5.56 Å². The lowest BCUT2D eigenvalue weighted by Crippen LogP contribution is -2.26. The molecule has 8 nitrogen and oxygen atoms in total. The van der Waals surface area contributed by atoms with Crippen LogP contribution in [0.15, 0.2) is 68.8 Å². The molecule has 0 aliphatic rings. The van der Waals surface area contributed by atoms with E-state index in [2.05, 4.69) is 21.0 Å². The van der Waals surface area contributed by atoms with Crippen molar-refractivity contribution in [2.24, 2.45) is 0 Å². The number of benzene rings is 2. The van der Waals surface area contributed by atoms with Crippen LogP contribution in [0.3, 0.4) is 0 Å². The van der Waals surface area contributed by atoms with Gasteiger partial charge in [-0.1, -0.05) is 22.0 Å². The second kappa shape index (κ2) is 8.76. The highest BCUT2D eigenvalue weighted by molar-refractivity contribution is 9.10. The second-order valence-corrected chi connectivity index (χ2v) is 8.26. The first-order valence-electron chi connectivity index (χ1n) is 8.49. The molecule has 3 rings (SSSR count). The number of ether oxygens (including phenoxy) is 1. The normalized spacial score (nSPS) is 11.2. The summed E-state index contributed by atoms with van der Waals surface area (Å²) in [6.07, 6.45) is 0. The minimum absolute atomic E-state index is 0.0132. The van der Waals surface area contributed by atoms with Crippen LogP contribution in [-0.2, 0) is 14.9 Å². The van der Waals surface area contributed by atoms with Crippen LogP contribution >= 0.6 is 15.9 Å². The summed E-state index contributed by atoms with van der Waals surface area (Å²) in [6, 6.07) is 11.2. The van der Waals surface area contributed by atoms with Crippen molar-refractivity contribution in [3.63, 3.8) is 0 Å². The summed E-state index contributed by atoms with van der Waals surface area (Å²) in [7, 11) is -4.47. The number of esters is 1. The van der Waals surface area contributed by atoms with Gasteiger partial charge in [0.1, 0.15) is 10.7 Å². The maximum Gasteiger partial charge on any atom is 0.362 e. The highest BCUT2D eigenvalue weighted by Crippen LogP contribution is 2.22. The van der Waals surface area contributed by atoms with Crippen molar-refractivity contribution in [3.8, 4) is 11.4 Å². The lowest BCUT2D eigenvalue weighted by Gasteiger charge is -2.12. The van der Waals surface area contributed by atoms with Crippen LogP contribution in [0.1, 0.15) is 17.4 Å². The van der Waals surface area contributed by atoms with Gasteiger partial charge < -0.3 is 8.92 Å². The number of carbonyl (C=O) groups excluding carboxylic acids is 1. The molecule has 156 valence electrons. The first-order chi connectivity index (χ1) is 14.2. The van der Waals surface area contributed by atoms with Gasteiger partial charge in [0.05, 0.1) is 18.4 Å². The smallest absolute Gasteiger partial charge is 0.362 e. The van der Waals surface area contributed by atoms with E-state index in [4.69, 9.17) is 8.92 Å². The van der Waals surface area contributed by atoms with Crippen LogP contribution in [0.25, 0.3) is 5.69 Å². The summed E-state index contributed by atoms with van der Waals surface area (Å²) < 4.78 is 49.6. The van der Waals surface area contributed by atoms with Gasteiger partial charge in [0, 0.05) is 4.47 Å². The number of hydrogen-bond donors (Lipinski definition) is 0. The summed E-state index contributed by atoms with van der Waals surface area (Å²) in [4.78, 5) is 24.6. The Morgan fingerprint density at radius 1 is 1.17 bits per heavy atom. The molecule has 0 N–H and O–H groups in total. The highest BCUT2D eigenvalue weighted by atomic mass is 79.9. The van der Waals surface area contributed by atoms with E-state index in [0.717, 1.165) is 35.0 Å². The lowest BCUT2D eigenvalue weighted by molar-refractivity contribution is 0.0515. The predicted octanol–water partition coefficient (Wildman–Crippen LogP) is 3.08. The van der Waals surface area contributed by atoms with Crippen LogP contribution in [0, 0.1) is 5.82 Å². The lowest BCUT2D eigenvalue weighted by atomic mass is 10.3. The number of halogens is 2. The molecule has 0 amide bonds. The van der Waals surface area contributed by atoms with Gasteiger partial charge in [-0.25, -0.2) is 9.18 Å². The Morgan fingerprint density at radius 3 is 2.50 bits per heavy atom. The molecule has 30 heavy (non-hydrogen) atoms. The van der Waals surface area contributed by atoms with Crippen LogP contribution in [-0.4, -0.2) is 30.8 Å². The Balaban J connectivity index is 2.11. The zero-order chi connectivity index (χ0) is 21.9. The third kappa shape index (κ3) is 4.74. The van der Waals surface area contributed by atoms with Gasteiger partial charge in [-0.05, 0) is 49.4 Å². The van der Waals surface area contributed by atoms with Crippen molar-refractivity contribution in [3.05, 3.63) is 80.9 Å². The van der Waals surface area contributed by atoms with Crippen LogP contribution in [0.5, 0.6) is 5.75 Å². The Kier molecular flexibility index (Phi) is 6.32. The van der Waals surface area contributed by atoms with Crippen molar-refractivity contribution < 1.29 is 26.5 Å². The minimum Gasteiger partial charge on any atom is -0.461 e. The highest BCUT2D eigenvalue weighted by Gasteiger charge is 2.25. The molecule has 0 saturated carbocycles. The second-order valence-electron chi connectivity index (χ2n) is 5.80. The first-order valence-corrected chi connectivity index (χ1v) is 10.7. The van der Waals surface area contributed by atoms with Gasteiger partial charge in [-0.2, -0.15) is 18.2 Å². The third-order valence-corrected chi connectivity index (χ3v) is 5.46. The number of carbonyl (C=O) groups is 1. The Morgan fingerprint density at radius 2 is 1.87 bits per heavy atom. The van der Waals surface area contributed by atoms with Gasteiger partial charge in [0.2, 0.25) is 5.69 Å². The summed E-state index contributed by atoms with van der Waals surface area (Å²) in [6.45, 7) is 1.54. The summed E-state index contributed by atoms with van der Waals surface area (Å²) in [5.41, 5.74) is -0.930. The van der Waals surface area contributed by atoms with Gasteiger partial charge in [0.15, 0.2) is 5.75 Å². The molecule has 11 heteroatoms. The summed E-state index contributed by atoms with van der Waals surface area (Å²) >= 11 is 3.28. The Labute approximate surface area is 179 Å². The van der Waals surface area contributed by atoms with Crippen LogP contribution in [0.2, 0.25) is 0 Å². The monoisotopic (exact) mass is 496 g/mol. The van der Waals surface area contributed by atoms with E-state index in [1.54, 1.807) is 31.2 Å². The van der Waals surface area contributed by atoms with E-state index in [-0.39, 0.29) is 11.5 Å². The molecule has 0 fully saturated rings. The van der Waals surface area contributed by atoms with Crippen LogP contribution in [0.4, 0.5) is 4.39 Å². The predicted molar refractivity (Wildman–Crippen MR) is 108 cm³/mol. The Bertz CT molecular complexity index is 1260. The fourth-order valence-corrected chi connectivity index (χ4v) is 3.72. The quantitative estimate of drug-likeness (QED) is 0.381. The fourth-order valence-electron chi connectivity index (χ4n) is 2.41. The van der Waals surface area contributed by atoms with Gasteiger partial charge >= 0.3 is 16.1 Å². The van der Waals surface area contributed by atoms with E-state index in [1.807, 2.05) is 0 Å². The van der Waals surface area contributed by atoms with Crippen molar-refractivity contribution in [2.45, 2.75) is 11.8 Å². The van der Waals surface area contributed by atoms with Crippen molar-refractivity contribution in [1.82, 2.24) is 9.78 Å². The van der Waals surface area contributed by atoms with Crippen molar-refractivity contribution in [1.29, 1.82) is 0 Å². The van der Waals surface area contributed by atoms with Gasteiger partial charge in [-0.3, -0.25) is 4.79 Å². The van der Waals surface area contributed by atoms with Gasteiger partial charge in [-0.15, -0.1) is 0 Å². The van der Waals surface area contributed by atoms with Crippen molar-refractivity contribution in [2.75, 3.05) is 6.61 Å². The molecule has 1 heterocycles. The molecule has 1 aromatic heterocycles. The number of hydrogen-bond acceptors (Lipinski definition) is 7. The summed E-state index contributed by atoms with van der Waals surface area (Å²) in [5, 5.41) is 3.95. The van der Waals surface area contributed by atoms with Crippen molar-refractivity contribution >= 4 is 32.0 Å². The molecule has 0 saturated heterocycles.